The molecule has 33 unspecified atom stereocenters. The highest BCUT2D eigenvalue weighted by Gasteiger charge is 2.77. The predicted octanol–water partition coefficient (Wildman–Crippen LogP) is 3.07. The molecule has 39 nitrogen and oxygen atoms in total. The molecule has 0 aromatic heterocycles. The zero-order chi connectivity index (χ0) is 93.3. The molecule has 0 aromatic carbocycles. The van der Waals surface area contributed by atoms with Gasteiger partial charge in [0.15, 0.2) is 85.3 Å². The summed E-state index contributed by atoms with van der Waals surface area (Å²) in [5.41, 5.74) is -1.94. The van der Waals surface area contributed by atoms with Crippen LogP contribution in [0, 0.1) is 112 Å². The number of hydrogen-bond donors (Lipinski definition) is 0. The van der Waals surface area contributed by atoms with Gasteiger partial charge in [-0.05, 0) is 207 Å². The Kier molecular flexibility index (Phi) is 25.2. The summed E-state index contributed by atoms with van der Waals surface area (Å²) in [5, 5.41) is -14.6. The van der Waals surface area contributed by atoms with E-state index in [2.05, 4.69) is 14.2 Å². The summed E-state index contributed by atoms with van der Waals surface area (Å²) in [6.07, 6.45) is -3.19. The molecule has 0 amide bonds. The van der Waals surface area contributed by atoms with Crippen molar-refractivity contribution in [2.24, 2.45) is 112 Å². The molecular formula is C81H99F6O39S3-3. The number of alkyl halides is 6. The van der Waals surface area contributed by atoms with E-state index in [1.54, 1.807) is 0 Å². The molecule has 12 bridgehead atoms. The quantitative estimate of drug-likeness (QED) is 0.0404. The highest BCUT2D eigenvalue weighted by Crippen LogP contribution is 2.67. The third-order valence-corrected chi connectivity index (χ3v) is 34.2. The number of ether oxygens (including phenoxy) is 18. The van der Waals surface area contributed by atoms with Crippen LogP contribution < -0.4 is 0 Å². The summed E-state index contributed by atoms with van der Waals surface area (Å²) in [5.74, 6) is -9.78. The number of carbonyl (C=O) groups excluding carboxylic acids is 12. The Hall–Kier alpha value is -7.29. The topological polar surface area (TPSA) is 543 Å². The van der Waals surface area contributed by atoms with Crippen molar-refractivity contribution >= 4 is 102 Å². The van der Waals surface area contributed by atoms with Crippen LogP contribution in [0.4, 0.5) is 26.3 Å². The van der Waals surface area contributed by atoms with E-state index in [4.69, 9.17) is 71.1 Å². The fourth-order valence-electron chi connectivity index (χ4n) is 25.4. The Morgan fingerprint density at radius 1 is 0.388 bits per heavy atom. The third-order valence-electron chi connectivity index (χ3n) is 31.2. The minimum atomic E-state index is -6.09. The average Bonchev–Trinajstić information content (AvgIpc) is 1.55. The average molecular weight is 1910 g/mol. The normalized spacial score (nSPS) is 41.2. The molecule has 48 heteroatoms. The van der Waals surface area contributed by atoms with Crippen LogP contribution in [0.2, 0.25) is 0 Å². The molecule has 18 fully saturated rings. The molecule has 9 aliphatic carbocycles. The van der Waals surface area contributed by atoms with Crippen molar-refractivity contribution in [3.8, 4) is 0 Å². The van der Waals surface area contributed by atoms with Gasteiger partial charge in [0.25, 0.3) is 0 Å². The number of hydrogen-bond acceptors (Lipinski definition) is 39. The summed E-state index contributed by atoms with van der Waals surface area (Å²) >= 11 is 0. The van der Waals surface area contributed by atoms with E-state index in [0.29, 0.717) is 98.2 Å². The molecular weight excluding hydrogens is 1810 g/mol. The van der Waals surface area contributed by atoms with Gasteiger partial charge in [0.1, 0.15) is 129 Å². The van der Waals surface area contributed by atoms with Crippen LogP contribution in [-0.2, 0) is 173 Å². The SMILES string of the molecule is CC(C)C1(OC(=O)C2C3OC4C(OC(=O)C42)C3OC(=O)COCC(=O)OC(C)C(F)(F)S(=O)(=O)[O-])CC2C3CCC(C3)C2C1.CC(OC(=O)COCC(=O)OC1C2OC(=O)C3C2OC1C3C(=O)OC1(C)CC2C3CCC(C3)C2C1)C(F)(F)S(=O)(=O)[O-].CCC1(OC(=O)C2C3OC4C(OC(=O)C42)C3OC(=O)COCC(=O)OC(C)C(F)(F)S(=O)(=O)[O-])CC2C3CCC(C3)C2C1. The lowest BCUT2D eigenvalue weighted by Gasteiger charge is -2.37. The number of rotatable bonds is 32. The molecule has 720 valence electrons. The number of fused-ring (bicyclic) bond motifs is 18. The first-order valence-corrected chi connectivity index (χ1v) is 47.7. The number of esters is 12. The third kappa shape index (κ3) is 17.0. The second kappa shape index (κ2) is 34.3. The first-order valence-electron chi connectivity index (χ1n) is 43.5. The molecule has 33 atom stereocenters. The Morgan fingerprint density at radius 2 is 0.651 bits per heavy atom. The molecule has 0 spiro atoms. The molecule has 0 N–H and O–H groups in total. The van der Waals surface area contributed by atoms with E-state index < -0.39 is 301 Å². The number of carbonyl (C=O) groups is 12. The van der Waals surface area contributed by atoms with Gasteiger partial charge in [-0.25, -0.2) is 54.0 Å². The maximum atomic E-state index is 13.8. The monoisotopic (exact) mass is 1910 g/mol. The minimum absolute atomic E-state index is 0.0515. The maximum absolute atomic E-state index is 13.8. The van der Waals surface area contributed by atoms with Crippen molar-refractivity contribution < 1.29 is 208 Å². The van der Waals surface area contributed by atoms with Crippen molar-refractivity contribution in [1.82, 2.24) is 0 Å². The largest absolute Gasteiger partial charge is 0.743 e. The van der Waals surface area contributed by atoms with E-state index in [1.807, 2.05) is 27.7 Å². The molecule has 0 aromatic rings. The fourth-order valence-corrected chi connectivity index (χ4v) is 26.8. The highest BCUT2D eigenvalue weighted by molar-refractivity contribution is 7.87. The Labute approximate surface area is 734 Å². The van der Waals surface area contributed by atoms with Crippen LogP contribution in [0.1, 0.15) is 151 Å². The van der Waals surface area contributed by atoms with E-state index in [-0.39, 0.29) is 5.92 Å². The van der Waals surface area contributed by atoms with Crippen LogP contribution >= 0.6 is 0 Å². The molecule has 9 aliphatic heterocycles. The molecule has 9 saturated heterocycles. The van der Waals surface area contributed by atoms with Gasteiger partial charge in [-0.2, -0.15) is 26.3 Å². The Morgan fingerprint density at radius 3 is 0.930 bits per heavy atom. The first kappa shape index (κ1) is 94.9. The van der Waals surface area contributed by atoms with Crippen molar-refractivity contribution in [1.29, 1.82) is 0 Å². The molecule has 18 aliphatic rings. The summed E-state index contributed by atoms with van der Waals surface area (Å²) < 4.78 is 273. The smallest absolute Gasteiger partial charge is 0.370 e. The van der Waals surface area contributed by atoms with Crippen LogP contribution in [0.5, 0.6) is 0 Å². The van der Waals surface area contributed by atoms with Gasteiger partial charge in [0, 0.05) is 0 Å². The number of halogens is 6. The lowest BCUT2D eigenvalue weighted by atomic mass is 9.78. The van der Waals surface area contributed by atoms with Gasteiger partial charge in [-0.1, -0.05) is 20.8 Å². The van der Waals surface area contributed by atoms with Gasteiger partial charge in [0.2, 0.25) is 0 Å². The van der Waals surface area contributed by atoms with Crippen LogP contribution in [-0.4, -0.2) is 274 Å². The molecule has 129 heavy (non-hydrogen) atoms. The molecule has 0 radical (unpaired) electrons. The van der Waals surface area contributed by atoms with Gasteiger partial charge in [-0.3, -0.25) is 28.8 Å². The molecule has 9 saturated carbocycles. The van der Waals surface area contributed by atoms with E-state index in [1.165, 1.54) is 57.8 Å². The highest BCUT2D eigenvalue weighted by atomic mass is 32.2. The predicted molar refractivity (Wildman–Crippen MR) is 398 cm³/mol. The van der Waals surface area contributed by atoms with Gasteiger partial charge < -0.3 is 98.9 Å². The van der Waals surface area contributed by atoms with E-state index >= 15 is 0 Å². The molecule has 18 rings (SSSR count). The van der Waals surface area contributed by atoms with Gasteiger partial charge in [-0.15, -0.1) is 0 Å². The van der Waals surface area contributed by atoms with Crippen LogP contribution in [0.15, 0.2) is 0 Å². The first-order chi connectivity index (χ1) is 60.3. The lowest BCUT2D eigenvalue weighted by Crippen LogP contribution is -2.50. The summed E-state index contributed by atoms with van der Waals surface area (Å²) in [7, 11) is -18.3. The van der Waals surface area contributed by atoms with E-state index in [9.17, 15) is 123 Å². The fraction of sp³-hybridized carbons (Fsp3) is 0.852. The zero-order valence-corrected chi connectivity index (χ0v) is 73.0. The van der Waals surface area contributed by atoms with Crippen molar-refractivity contribution in [3.05, 3.63) is 0 Å². The van der Waals surface area contributed by atoms with Gasteiger partial charge >= 0.3 is 87.4 Å². The zero-order valence-electron chi connectivity index (χ0n) is 70.6. The van der Waals surface area contributed by atoms with E-state index in [0.717, 1.165) is 38.5 Å². The Bertz CT molecular complexity index is 4810. The summed E-state index contributed by atoms with van der Waals surface area (Å²) in [4.78, 5) is 152. The second-order valence-electron chi connectivity index (χ2n) is 38.5. The maximum Gasteiger partial charge on any atom is 0.370 e. The van der Waals surface area contributed by atoms with Crippen LogP contribution in [0.25, 0.3) is 0 Å². The Balaban J connectivity index is 0.000000142. The standard InChI is InChI=1S/C28H36F2O13S.C27H34F2O13S.C26H32F2O13S/c1-11(2)27(7-15-13-4-5-14(6-13)16(15)8-27)43-26(34)20-19-21-24(42-25(19)33)23(22(20)41-21)40-18(32)10-38-9-17(31)39-12(3)28(29,30)44(35,36)37;1-3-26(7-14-12-4-5-13(6-12)15(14)8-26)42-25(33)19-18-20-23(41-24(18)32)22(21(19)40-20)39-17(31)10-37-9-16(30)38-11(2)27(28,29)43(34,35)36;1-10(26(27,28)42(33,34)35)37-15(29)8-36-9-16(30)38-21-20-18(17-19(39-20)22(21)40-23(17)31)24(32)41-25(2)6-13-11-3-4-12(5-11)14(13)7-25/h11-16,19-24H,4-10H2,1-3H3,(H,35,36,37);11-15,18-23H,3-10H2,1-2H3,(H,34,35,36);10-14,17-22H,3-9H2,1-2H3,(H,33,34,35)/p-3. The minimum Gasteiger partial charge on any atom is -0.743 e. The van der Waals surface area contributed by atoms with Crippen LogP contribution in [0.3, 0.4) is 0 Å². The van der Waals surface area contributed by atoms with Crippen molar-refractivity contribution in [2.75, 3.05) is 39.6 Å². The van der Waals surface area contributed by atoms with Crippen molar-refractivity contribution in [2.45, 2.75) is 275 Å². The second-order valence-corrected chi connectivity index (χ2v) is 42.9. The van der Waals surface area contributed by atoms with Crippen molar-refractivity contribution in [3.63, 3.8) is 0 Å². The summed E-state index contributed by atoms with van der Waals surface area (Å²) in [6.45, 7) is 3.80. The molecule has 9 heterocycles. The van der Waals surface area contributed by atoms with Gasteiger partial charge in [0.05, 0.1) is 0 Å². The lowest BCUT2D eigenvalue weighted by molar-refractivity contribution is -0.179. The summed E-state index contributed by atoms with van der Waals surface area (Å²) in [6, 6.07) is 0.